The van der Waals surface area contributed by atoms with Crippen LogP contribution in [0.2, 0.25) is 0 Å². The van der Waals surface area contributed by atoms with Gasteiger partial charge in [0.25, 0.3) is 5.56 Å². The van der Waals surface area contributed by atoms with E-state index in [2.05, 4.69) is 10.6 Å². The lowest BCUT2D eigenvalue weighted by molar-refractivity contribution is -0.126. The Morgan fingerprint density at radius 1 is 1.12 bits per heavy atom. The summed E-state index contributed by atoms with van der Waals surface area (Å²) in [6.07, 6.45) is 2.78. The Hall–Kier alpha value is -2.20. The second-order valence-corrected chi connectivity index (χ2v) is 7.61. The van der Waals surface area contributed by atoms with E-state index in [4.69, 9.17) is 0 Å². The Morgan fingerprint density at radius 3 is 2.44 bits per heavy atom. The van der Waals surface area contributed by atoms with Crippen molar-refractivity contribution in [1.82, 2.24) is 19.5 Å². The molecule has 1 aliphatic rings. The number of nitrogens with one attached hydrogen (secondary N) is 2. The highest BCUT2D eigenvalue weighted by molar-refractivity contribution is 7.89. The summed E-state index contributed by atoms with van der Waals surface area (Å²) in [6.45, 7) is 2.55. The first-order valence-corrected chi connectivity index (χ1v) is 9.52. The highest BCUT2D eigenvalue weighted by Gasteiger charge is 2.27. The largest absolute Gasteiger partial charge is 0.355 e. The summed E-state index contributed by atoms with van der Waals surface area (Å²) in [5, 5.41) is 4.92. The molecule has 0 aliphatic carbocycles. The number of rotatable bonds is 7. The molecule has 1 aromatic heterocycles. The molecule has 0 spiro atoms. The molecule has 138 valence electrons. The number of hydrogen-bond acceptors (Lipinski definition) is 5. The standard InChI is InChI=1S/C15H22N4O5S/c1-2-16-13(20)9-17-14(21)11-18-10-12(5-6-15(18)22)25(23,24)19-7-3-4-8-19/h5-6,10H,2-4,7-9,11H2,1H3,(H,16,20)(H,17,21). The molecule has 0 saturated carbocycles. The number of hydrogen-bond donors (Lipinski definition) is 2. The second-order valence-electron chi connectivity index (χ2n) is 5.67. The van der Waals surface area contributed by atoms with Gasteiger partial charge in [0.1, 0.15) is 6.54 Å². The van der Waals surface area contributed by atoms with Gasteiger partial charge in [-0.05, 0) is 25.8 Å². The molecule has 1 saturated heterocycles. The zero-order valence-electron chi connectivity index (χ0n) is 14.0. The van der Waals surface area contributed by atoms with Gasteiger partial charge in [-0.15, -0.1) is 0 Å². The van der Waals surface area contributed by atoms with Crippen LogP contribution in [0.15, 0.2) is 28.0 Å². The van der Waals surface area contributed by atoms with Crippen molar-refractivity contribution in [3.05, 3.63) is 28.7 Å². The Balaban J connectivity index is 2.10. The summed E-state index contributed by atoms with van der Waals surface area (Å²) in [6, 6.07) is 2.37. The van der Waals surface area contributed by atoms with Crippen LogP contribution in [0.1, 0.15) is 19.8 Å². The molecule has 2 N–H and O–H groups in total. The number of amides is 2. The van der Waals surface area contributed by atoms with Crippen LogP contribution in [0, 0.1) is 0 Å². The Bertz CT molecular complexity index is 796. The van der Waals surface area contributed by atoms with Crippen molar-refractivity contribution in [1.29, 1.82) is 0 Å². The highest BCUT2D eigenvalue weighted by Crippen LogP contribution is 2.19. The van der Waals surface area contributed by atoms with Gasteiger partial charge in [-0.25, -0.2) is 8.42 Å². The van der Waals surface area contributed by atoms with Crippen LogP contribution in [-0.2, 0) is 26.2 Å². The van der Waals surface area contributed by atoms with Crippen molar-refractivity contribution >= 4 is 21.8 Å². The number of carbonyl (C=O) groups excluding carboxylic acids is 2. The van der Waals surface area contributed by atoms with Gasteiger partial charge >= 0.3 is 0 Å². The van der Waals surface area contributed by atoms with Crippen molar-refractivity contribution in [3.63, 3.8) is 0 Å². The molecule has 2 rings (SSSR count). The smallest absolute Gasteiger partial charge is 0.251 e. The maximum Gasteiger partial charge on any atom is 0.251 e. The van der Waals surface area contributed by atoms with E-state index in [-0.39, 0.29) is 23.9 Å². The van der Waals surface area contributed by atoms with Crippen molar-refractivity contribution in [2.75, 3.05) is 26.2 Å². The first-order valence-electron chi connectivity index (χ1n) is 8.08. The van der Waals surface area contributed by atoms with E-state index in [1.165, 1.54) is 16.6 Å². The number of aromatic nitrogens is 1. The molecule has 1 aromatic rings. The molecule has 1 fully saturated rings. The molecule has 25 heavy (non-hydrogen) atoms. The normalized spacial score (nSPS) is 15.1. The van der Waals surface area contributed by atoms with Gasteiger partial charge in [-0.2, -0.15) is 4.31 Å². The summed E-state index contributed by atoms with van der Waals surface area (Å²) in [4.78, 5) is 35.1. The minimum atomic E-state index is -3.67. The summed E-state index contributed by atoms with van der Waals surface area (Å²) < 4.78 is 27.4. The molecule has 0 radical (unpaired) electrons. The fourth-order valence-corrected chi connectivity index (χ4v) is 4.05. The van der Waals surface area contributed by atoms with E-state index in [1.54, 1.807) is 6.92 Å². The van der Waals surface area contributed by atoms with Crippen molar-refractivity contribution in [2.45, 2.75) is 31.2 Å². The molecule has 0 atom stereocenters. The van der Waals surface area contributed by atoms with E-state index < -0.39 is 21.5 Å². The zero-order valence-corrected chi connectivity index (χ0v) is 14.8. The Morgan fingerprint density at radius 2 is 1.80 bits per heavy atom. The monoisotopic (exact) mass is 370 g/mol. The first kappa shape index (κ1) is 19.1. The van der Waals surface area contributed by atoms with Gasteiger partial charge in [-0.1, -0.05) is 0 Å². The van der Waals surface area contributed by atoms with Crippen LogP contribution in [0.5, 0.6) is 0 Å². The number of carbonyl (C=O) groups is 2. The minimum Gasteiger partial charge on any atom is -0.355 e. The molecule has 0 bridgehead atoms. The van der Waals surface area contributed by atoms with Gasteiger partial charge in [-0.3, -0.25) is 14.4 Å². The average molecular weight is 370 g/mol. The van der Waals surface area contributed by atoms with E-state index in [0.717, 1.165) is 23.5 Å². The Labute approximate surface area is 146 Å². The lowest BCUT2D eigenvalue weighted by atomic mass is 10.4. The summed E-state index contributed by atoms with van der Waals surface area (Å²) in [5.41, 5.74) is -0.492. The summed E-state index contributed by atoms with van der Waals surface area (Å²) in [7, 11) is -3.67. The first-order chi connectivity index (χ1) is 11.8. The van der Waals surface area contributed by atoms with Crippen LogP contribution in [0.25, 0.3) is 0 Å². The molecule has 10 heteroatoms. The Kier molecular flexibility index (Phi) is 6.32. The number of likely N-dealkylation sites (N-methyl/N-ethyl adjacent to an activating group) is 1. The molecule has 2 amide bonds. The number of pyridine rings is 1. The predicted octanol–water partition coefficient (Wildman–Crippen LogP) is -1.11. The molecule has 0 unspecified atom stereocenters. The van der Waals surface area contributed by atoms with Crippen molar-refractivity contribution in [2.24, 2.45) is 0 Å². The fourth-order valence-electron chi connectivity index (χ4n) is 2.51. The van der Waals surface area contributed by atoms with E-state index in [1.807, 2.05) is 0 Å². The van der Waals surface area contributed by atoms with Crippen LogP contribution < -0.4 is 16.2 Å². The molecular formula is C15H22N4O5S. The SMILES string of the molecule is CCNC(=O)CNC(=O)Cn1cc(S(=O)(=O)N2CCCC2)ccc1=O. The summed E-state index contributed by atoms with van der Waals surface area (Å²) in [5.74, 6) is -0.891. The molecular weight excluding hydrogens is 348 g/mol. The maximum absolute atomic E-state index is 12.5. The lowest BCUT2D eigenvalue weighted by Crippen LogP contribution is -2.39. The average Bonchev–Trinajstić information content (AvgIpc) is 3.10. The van der Waals surface area contributed by atoms with Crippen LogP contribution in [-0.4, -0.2) is 55.3 Å². The number of sulfonamides is 1. The molecule has 2 heterocycles. The topological polar surface area (TPSA) is 118 Å². The van der Waals surface area contributed by atoms with Crippen LogP contribution >= 0.6 is 0 Å². The zero-order chi connectivity index (χ0) is 18.4. The molecule has 1 aliphatic heterocycles. The number of nitrogens with zero attached hydrogens (tertiary/aromatic N) is 2. The van der Waals surface area contributed by atoms with Crippen LogP contribution in [0.3, 0.4) is 0 Å². The fraction of sp³-hybridized carbons (Fsp3) is 0.533. The van der Waals surface area contributed by atoms with Crippen LogP contribution in [0.4, 0.5) is 0 Å². The summed E-state index contributed by atoms with van der Waals surface area (Å²) >= 11 is 0. The van der Waals surface area contributed by atoms with Gasteiger partial charge in [0, 0.05) is 31.9 Å². The minimum absolute atomic E-state index is 0.0227. The quantitative estimate of drug-likeness (QED) is 0.631. The molecule has 0 aromatic carbocycles. The van der Waals surface area contributed by atoms with E-state index in [9.17, 15) is 22.8 Å². The second kappa shape index (κ2) is 8.26. The van der Waals surface area contributed by atoms with E-state index in [0.29, 0.717) is 19.6 Å². The maximum atomic E-state index is 12.5. The third kappa shape index (κ3) is 4.89. The van der Waals surface area contributed by atoms with Crippen molar-refractivity contribution < 1.29 is 18.0 Å². The molecule has 9 nitrogen and oxygen atoms in total. The van der Waals surface area contributed by atoms with Gasteiger partial charge in [0.2, 0.25) is 21.8 Å². The predicted molar refractivity (Wildman–Crippen MR) is 90.4 cm³/mol. The highest BCUT2D eigenvalue weighted by atomic mass is 32.2. The third-order valence-electron chi connectivity index (χ3n) is 3.79. The van der Waals surface area contributed by atoms with Gasteiger partial charge in [0.15, 0.2) is 0 Å². The van der Waals surface area contributed by atoms with Gasteiger partial charge < -0.3 is 15.2 Å². The van der Waals surface area contributed by atoms with E-state index >= 15 is 0 Å². The lowest BCUT2D eigenvalue weighted by Gasteiger charge is -2.16. The third-order valence-corrected chi connectivity index (χ3v) is 5.68. The van der Waals surface area contributed by atoms with Gasteiger partial charge in [0.05, 0.1) is 11.4 Å². The van der Waals surface area contributed by atoms with Crippen molar-refractivity contribution in [3.8, 4) is 0 Å².